The minimum absolute atomic E-state index is 0.269. The molecule has 1 heterocycles. The first-order valence-electron chi connectivity index (χ1n) is 8.13. The van der Waals surface area contributed by atoms with Gasteiger partial charge >= 0.3 is 0 Å². The van der Waals surface area contributed by atoms with Crippen LogP contribution in [-0.4, -0.2) is 33.5 Å². The van der Waals surface area contributed by atoms with Gasteiger partial charge in [-0.05, 0) is 42.9 Å². The molecule has 1 aliphatic rings. The first-order valence-corrected chi connectivity index (χ1v) is 8.13. The summed E-state index contributed by atoms with van der Waals surface area (Å²) >= 11 is 0. The fourth-order valence-corrected chi connectivity index (χ4v) is 2.73. The summed E-state index contributed by atoms with van der Waals surface area (Å²) < 4.78 is 11.3. The monoisotopic (exact) mass is 291 g/mol. The third-order valence-electron chi connectivity index (χ3n) is 4.33. The zero-order valence-corrected chi connectivity index (χ0v) is 13.6. The molecule has 0 saturated carbocycles. The first-order chi connectivity index (χ1) is 10.2. The lowest BCUT2D eigenvalue weighted by Crippen LogP contribution is -2.25. The van der Waals surface area contributed by atoms with Gasteiger partial charge in [-0.15, -0.1) is 0 Å². The van der Waals surface area contributed by atoms with E-state index in [4.69, 9.17) is 9.47 Å². The Labute approximate surface area is 129 Å². The van der Waals surface area contributed by atoms with Crippen LogP contribution in [0.5, 0.6) is 0 Å². The predicted octanol–water partition coefficient (Wildman–Crippen LogP) is 3.51. The van der Waals surface area contributed by atoms with Gasteiger partial charge in [0.2, 0.25) is 0 Å². The predicted molar refractivity (Wildman–Crippen MR) is 86.7 cm³/mol. The Morgan fingerprint density at radius 3 is 2.33 bits per heavy atom. The second kappa shape index (κ2) is 8.52. The van der Waals surface area contributed by atoms with E-state index in [2.05, 4.69) is 43.4 Å². The Bertz CT molecular complexity index is 396. The third kappa shape index (κ3) is 5.10. The van der Waals surface area contributed by atoms with Crippen LogP contribution in [-0.2, 0) is 9.47 Å². The van der Waals surface area contributed by atoms with Crippen molar-refractivity contribution in [3.63, 3.8) is 0 Å². The second-order valence-electron chi connectivity index (χ2n) is 6.26. The van der Waals surface area contributed by atoms with Gasteiger partial charge in [-0.1, -0.05) is 38.1 Å². The van der Waals surface area contributed by atoms with E-state index in [0.717, 1.165) is 39.3 Å². The SMILES string of the molecule is CNC(COCC1CCOCC1)c1ccc(C(C)C)cc1. The molecule has 1 aromatic rings. The van der Waals surface area contributed by atoms with Crippen LogP contribution in [0.1, 0.15) is 49.8 Å². The highest BCUT2D eigenvalue weighted by Gasteiger charge is 2.15. The lowest BCUT2D eigenvalue weighted by atomic mass is 9.99. The summed E-state index contributed by atoms with van der Waals surface area (Å²) in [6.45, 7) is 7.81. The van der Waals surface area contributed by atoms with Crippen molar-refractivity contribution in [2.75, 3.05) is 33.5 Å². The summed E-state index contributed by atoms with van der Waals surface area (Å²) in [6, 6.07) is 9.15. The first kappa shape index (κ1) is 16.5. The number of hydrogen-bond acceptors (Lipinski definition) is 3. The molecule has 0 aliphatic carbocycles. The van der Waals surface area contributed by atoms with E-state index in [1.165, 1.54) is 11.1 Å². The number of nitrogens with one attached hydrogen (secondary N) is 1. The zero-order chi connectivity index (χ0) is 15.1. The quantitative estimate of drug-likeness (QED) is 0.834. The van der Waals surface area contributed by atoms with Crippen molar-refractivity contribution in [1.82, 2.24) is 5.32 Å². The average Bonchev–Trinajstić information content (AvgIpc) is 2.53. The molecule has 0 radical (unpaired) electrons. The molecule has 2 rings (SSSR count). The molecule has 0 amide bonds. The van der Waals surface area contributed by atoms with Gasteiger partial charge in [0.05, 0.1) is 12.6 Å². The van der Waals surface area contributed by atoms with E-state index in [1.54, 1.807) is 0 Å². The standard InChI is InChI=1S/C18H29NO2/c1-14(2)16-4-6-17(7-5-16)18(19-3)13-21-12-15-8-10-20-11-9-15/h4-7,14-15,18-19H,8-13H2,1-3H3. The smallest absolute Gasteiger partial charge is 0.0661 e. The number of rotatable bonds is 7. The molecule has 0 spiro atoms. The van der Waals surface area contributed by atoms with Gasteiger partial charge in [0, 0.05) is 19.8 Å². The van der Waals surface area contributed by atoms with Crippen LogP contribution in [0, 0.1) is 5.92 Å². The lowest BCUT2D eigenvalue weighted by molar-refractivity contribution is 0.0156. The van der Waals surface area contributed by atoms with Crippen LogP contribution >= 0.6 is 0 Å². The minimum atomic E-state index is 0.269. The maximum atomic E-state index is 5.94. The van der Waals surface area contributed by atoms with Gasteiger partial charge in [0.1, 0.15) is 0 Å². The van der Waals surface area contributed by atoms with E-state index in [-0.39, 0.29) is 6.04 Å². The van der Waals surface area contributed by atoms with Gasteiger partial charge in [-0.3, -0.25) is 0 Å². The van der Waals surface area contributed by atoms with Crippen LogP contribution in [0.4, 0.5) is 0 Å². The average molecular weight is 291 g/mol. The molecule has 118 valence electrons. The van der Waals surface area contributed by atoms with E-state index in [1.807, 2.05) is 7.05 Å². The molecular weight excluding hydrogens is 262 g/mol. The Kier molecular flexibility index (Phi) is 6.68. The van der Waals surface area contributed by atoms with Crippen LogP contribution in [0.2, 0.25) is 0 Å². The highest BCUT2D eigenvalue weighted by Crippen LogP contribution is 2.20. The lowest BCUT2D eigenvalue weighted by Gasteiger charge is -2.23. The van der Waals surface area contributed by atoms with Crippen molar-refractivity contribution in [1.29, 1.82) is 0 Å². The summed E-state index contributed by atoms with van der Waals surface area (Å²) in [5.74, 6) is 1.25. The summed E-state index contributed by atoms with van der Waals surface area (Å²) in [7, 11) is 2.00. The molecule has 1 aromatic carbocycles. The maximum absolute atomic E-state index is 5.94. The van der Waals surface area contributed by atoms with Crippen molar-refractivity contribution in [2.24, 2.45) is 5.92 Å². The summed E-state index contributed by atoms with van der Waals surface area (Å²) in [4.78, 5) is 0. The van der Waals surface area contributed by atoms with Crippen molar-refractivity contribution >= 4 is 0 Å². The fraction of sp³-hybridized carbons (Fsp3) is 0.667. The van der Waals surface area contributed by atoms with E-state index in [0.29, 0.717) is 11.8 Å². The van der Waals surface area contributed by atoms with E-state index >= 15 is 0 Å². The largest absolute Gasteiger partial charge is 0.381 e. The van der Waals surface area contributed by atoms with Crippen LogP contribution in [0.3, 0.4) is 0 Å². The second-order valence-corrected chi connectivity index (χ2v) is 6.26. The van der Waals surface area contributed by atoms with Crippen LogP contribution in [0.15, 0.2) is 24.3 Å². The summed E-state index contributed by atoms with van der Waals surface area (Å²) in [6.07, 6.45) is 2.26. The van der Waals surface area contributed by atoms with Gasteiger partial charge in [-0.2, -0.15) is 0 Å². The molecule has 1 unspecified atom stereocenters. The third-order valence-corrected chi connectivity index (χ3v) is 4.33. The highest BCUT2D eigenvalue weighted by molar-refractivity contribution is 5.26. The van der Waals surface area contributed by atoms with Crippen LogP contribution in [0.25, 0.3) is 0 Å². The molecular formula is C18H29NO2. The van der Waals surface area contributed by atoms with Crippen molar-refractivity contribution in [2.45, 2.75) is 38.6 Å². The molecule has 1 N–H and O–H groups in total. The number of ether oxygens (including phenoxy) is 2. The summed E-state index contributed by atoms with van der Waals surface area (Å²) in [5.41, 5.74) is 2.69. The van der Waals surface area contributed by atoms with Gasteiger partial charge in [-0.25, -0.2) is 0 Å². The number of likely N-dealkylation sites (N-methyl/N-ethyl adjacent to an activating group) is 1. The normalized spacial score (nSPS) is 18.1. The molecule has 1 fully saturated rings. The molecule has 1 aliphatic heterocycles. The topological polar surface area (TPSA) is 30.5 Å². The van der Waals surface area contributed by atoms with Gasteiger partial charge in [0.25, 0.3) is 0 Å². The molecule has 0 aromatic heterocycles. The Morgan fingerprint density at radius 2 is 1.76 bits per heavy atom. The van der Waals surface area contributed by atoms with Crippen LogP contribution < -0.4 is 5.32 Å². The van der Waals surface area contributed by atoms with E-state index in [9.17, 15) is 0 Å². The maximum Gasteiger partial charge on any atom is 0.0661 e. The van der Waals surface area contributed by atoms with Gasteiger partial charge < -0.3 is 14.8 Å². The molecule has 0 bridgehead atoms. The fourth-order valence-electron chi connectivity index (χ4n) is 2.73. The summed E-state index contributed by atoms with van der Waals surface area (Å²) in [5, 5.41) is 3.36. The Hall–Kier alpha value is -0.900. The number of benzene rings is 1. The molecule has 1 atom stereocenters. The molecule has 3 nitrogen and oxygen atoms in total. The van der Waals surface area contributed by atoms with E-state index < -0.39 is 0 Å². The zero-order valence-electron chi connectivity index (χ0n) is 13.6. The highest BCUT2D eigenvalue weighted by atomic mass is 16.5. The Morgan fingerprint density at radius 1 is 1.14 bits per heavy atom. The van der Waals surface area contributed by atoms with Crippen molar-refractivity contribution in [3.05, 3.63) is 35.4 Å². The van der Waals surface area contributed by atoms with Crippen molar-refractivity contribution in [3.8, 4) is 0 Å². The van der Waals surface area contributed by atoms with Crippen molar-refractivity contribution < 1.29 is 9.47 Å². The number of hydrogen-bond donors (Lipinski definition) is 1. The molecule has 3 heteroatoms. The molecule has 1 saturated heterocycles. The Balaban J connectivity index is 1.81. The van der Waals surface area contributed by atoms with Gasteiger partial charge in [0.15, 0.2) is 0 Å². The minimum Gasteiger partial charge on any atom is -0.381 e. The molecule has 21 heavy (non-hydrogen) atoms.